The van der Waals surface area contributed by atoms with E-state index in [2.05, 4.69) is 21.2 Å². The number of fused-ring (bicyclic) bond motifs is 1. The van der Waals surface area contributed by atoms with Gasteiger partial charge in [-0.15, -0.1) is 0 Å². The summed E-state index contributed by atoms with van der Waals surface area (Å²) in [6.45, 7) is 4.53. The molecule has 1 heterocycles. The van der Waals surface area contributed by atoms with Gasteiger partial charge in [0.2, 0.25) is 5.91 Å². The van der Waals surface area contributed by atoms with E-state index in [4.69, 9.17) is 9.47 Å². The highest BCUT2D eigenvalue weighted by molar-refractivity contribution is 9.10. The molecular weight excluding hydrogens is 382 g/mol. The maximum absolute atomic E-state index is 12.4. The first-order valence-electron chi connectivity index (χ1n) is 8.56. The van der Waals surface area contributed by atoms with Crippen LogP contribution in [-0.4, -0.2) is 18.6 Å². The number of aryl methyl sites for hydroxylation is 1. The van der Waals surface area contributed by atoms with Gasteiger partial charge in [-0.05, 0) is 44.0 Å². The number of hydrogen-bond acceptors (Lipinski definition) is 3. The molecule has 1 aliphatic rings. The zero-order chi connectivity index (χ0) is 17.8. The van der Waals surface area contributed by atoms with Crippen LogP contribution in [0.4, 0.5) is 5.69 Å². The Morgan fingerprint density at radius 2 is 2.20 bits per heavy atom. The van der Waals surface area contributed by atoms with Gasteiger partial charge in [-0.3, -0.25) is 4.79 Å². The second-order valence-electron chi connectivity index (χ2n) is 6.20. The number of halogens is 1. The topological polar surface area (TPSA) is 47.6 Å². The molecule has 0 radical (unpaired) electrons. The number of anilines is 1. The summed E-state index contributed by atoms with van der Waals surface area (Å²) in [5.74, 6) is 1.50. The van der Waals surface area contributed by atoms with Crippen LogP contribution in [0.1, 0.15) is 31.4 Å². The number of rotatable bonds is 6. The van der Waals surface area contributed by atoms with Crippen LogP contribution in [0.2, 0.25) is 0 Å². The number of nitrogens with one attached hydrogen (secondary N) is 1. The molecule has 0 aromatic heterocycles. The smallest absolute Gasteiger partial charge is 0.224 e. The molecule has 1 amide bonds. The largest absolute Gasteiger partial charge is 0.492 e. The van der Waals surface area contributed by atoms with Crippen LogP contribution in [-0.2, 0) is 17.6 Å². The van der Waals surface area contributed by atoms with E-state index in [0.717, 1.165) is 27.8 Å². The molecule has 0 bridgehead atoms. The van der Waals surface area contributed by atoms with E-state index in [1.807, 2.05) is 50.2 Å². The molecule has 1 unspecified atom stereocenters. The number of ether oxygens (including phenoxy) is 2. The Morgan fingerprint density at radius 1 is 1.36 bits per heavy atom. The minimum Gasteiger partial charge on any atom is -0.492 e. The summed E-state index contributed by atoms with van der Waals surface area (Å²) >= 11 is 3.45. The molecule has 25 heavy (non-hydrogen) atoms. The van der Waals surface area contributed by atoms with Crippen molar-refractivity contribution in [3.63, 3.8) is 0 Å². The Bertz CT molecular complexity index is 776. The van der Waals surface area contributed by atoms with Gasteiger partial charge in [-0.1, -0.05) is 28.1 Å². The summed E-state index contributed by atoms with van der Waals surface area (Å²) in [7, 11) is 0. The van der Waals surface area contributed by atoms with Gasteiger partial charge in [-0.2, -0.15) is 0 Å². The summed E-state index contributed by atoms with van der Waals surface area (Å²) in [4.78, 5) is 12.4. The van der Waals surface area contributed by atoms with E-state index in [0.29, 0.717) is 30.9 Å². The predicted octanol–water partition coefficient (Wildman–Crippen LogP) is 4.74. The Morgan fingerprint density at radius 3 is 2.96 bits per heavy atom. The first-order valence-corrected chi connectivity index (χ1v) is 9.35. The lowest BCUT2D eigenvalue weighted by Crippen LogP contribution is -2.13. The van der Waals surface area contributed by atoms with Crippen molar-refractivity contribution in [2.24, 2.45) is 0 Å². The fourth-order valence-corrected chi connectivity index (χ4v) is 3.42. The average Bonchev–Trinajstić information content (AvgIpc) is 2.92. The van der Waals surface area contributed by atoms with E-state index in [1.54, 1.807) is 0 Å². The van der Waals surface area contributed by atoms with Gasteiger partial charge in [0.05, 0.1) is 12.3 Å². The lowest BCUT2D eigenvalue weighted by atomic mass is 10.1. The molecule has 1 aliphatic heterocycles. The van der Waals surface area contributed by atoms with Crippen molar-refractivity contribution in [2.75, 3.05) is 11.9 Å². The summed E-state index contributed by atoms with van der Waals surface area (Å²) in [6, 6.07) is 11.9. The van der Waals surface area contributed by atoms with E-state index in [-0.39, 0.29) is 12.0 Å². The summed E-state index contributed by atoms with van der Waals surface area (Å²) < 4.78 is 12.5. The fourth-order valence-electron chi connectivity index (χ4n) is 2.98. The Kier molecular flexibility index (Phi) is 5.63. The van der Waals surface area contributed by atoms with Crippen LogP contribution < -0.4 is 14.8 Å². The molecule has 3 rings (SSSR count). The van der Waals surface area contributed by atoms with Gasteiger partial charge in [0, 0.05) is 28.9 Å². The van der Waals surface area contributed by atoms with Crippen LogP contribution in [0.3, 0.4) is 0 Å². The quantitative estimate of drug-likeness (QED) is 0.757. The van der Waals surface area contributed by atoms with Crippen molar-refractivity contribution in [3.05, 3.63) is 52.0 Å². The van der Waals surface area contributed by atoms with Crippen molar-refractivity contribution >= 4 is 27.5 Å². The van der Waals surface area contributed by atoms with Crippen molar-refractivity contribution in [1.82, 2.24) is 0 Å². The maximum Gasteiger partial charge on any atom is 0.224 e. The van der Waals surface area contributed by atoms with Gasteiger partial charge >= 0.3 is 0 Å². The molecular formula is C20H22BrNO3. The Balaban J connectivity index is 1.69. The summed E-state index contributed by atoms with van der Waals surface area (Å²) in [5.41, 5.74) is 2.93. The van der Waals surface area contributed by atoms with Gasteiger partial charge in [0.25, 0.3) is 0 Å². The molecule has 1 N–H and O–H groups in total. The highest BCUT2D eigenvalue weighted by Crippen LogP contribution is 2.38. The van der Waals surface area contributed by atoms with Crippen molar-refractivity contribution < 1.29 is 14.3 Å². The van der Waals surface area contributed by atoms with Crippen molar-refractivity contribution in [1.29, 1.82) is 0 Å². The first-order chi connectivity index (χ1) is 12.0. The van der Waals surface area contributed by atoms with Crippen molar-refractivity contribution in [2.45, 2.75) is 39.2 Å². The van der Waals surface area contributed by atoms with E-state index < -0.39 is 0 Å². The third-order valence-corrected chi connectivity index (χ3v) is 4.60. The van der Waals surface area contributed by atoms with Crippen LogP contribution in [0.15, 0.2) is 40.9 Å². The predicted molar refractivity (Wildman–Crippen MR) is 102 cm³/mol. The molecule has 0 aliphatic carbocycles. The molecule has 0 saturated heterocycles. The molecule has 2 aromatic rings. The lowest BCUT2D eigenvalue weighted by molar-refractivity contribution is -0.116. The maximum atomic E-state index is 12.4. The zero-order valence-corrected chi connectivity index (χ0v) is 16.1. The number of carbonyl (C=O) groups excluding carboxylic acids is 1. The van der Waals surface area contributed by atoms with Crippen LogP contribution in [0, 0.1) is 0 Å². The van der Waals surface area contributed by atoms with E-state index >= 15 is 0 Å². The van der Waals surface area contributed by atoms with E-state index in [1.165, 1.54) is 0 Å². The van der Waals surface area contributed by atoms with Gasteiger partial charge in [0.15, 0.2) is 0 Å². The van der Waals surface area contributed by atoms with Crippen molar-refractivity contribution in [3.8, 4) is 11.5 Å². The second-order valence-corrected chi connectivity index (χ2v) is 7.12. The molecule has 1 atom stereocenters. The summed E-state index contributed by atoms with van der Waals surface area (Å²) in [6.07, 6.45) is 2.13. The molecule has 5 heteroatoms. The highest BCUT2D eigenvalue weighted by atomic mass is 79.9. The zero-order valence-electron chi connectivity index (χ0n) is 14.5. The first kappa shape index (κ1) is 17.8. The average molecular weight is 404 g/mol. The monoisotopic (exact) mass is 403 g/mol. The Hall–Kier alpha value is -2.01. The molecule has 0 fully saturated rings. The number of hydrogen-bond donors (Lipinski definition) is 1. The molecule has 0 spiro atoms. The molecule has 0 saturated carbocycles. The third kappa shape index (κ3) is 4.54. The number of amides is 1. The third-order valence-electron chi connectivity index (χ3n) is 4.10. The van der Waals surface area contributed by atoms with E-state index in [9.17, 15) is 4.79 Å². The minimum atomic E-state index is -0.0353. The number of benzene rings is 2. The van der Waals surface area contributed by atoms with Crippen LogP contribution >= 0.6 is 15.9 Å². The van der Waals surface area contributed by atoms with Crippen LogP contribution in [0.5, 0.6) is 11.5 Å². The SMILES string of the molecule is CCOc1cc2c(cc1NC(=O)CCc1cccc(Br)c1)OC(C)C2. The fraction of sp³-hybridized carbons (Fsp3) is 0.350. The minimum absolute atomic E-state index is 0.0353. The highest BCUT2D eigenvalue weighted by Gasteiger charge is 2.22. The Labute approximate surface area is 156 Å². The van der Waals surface area contributed by atoms with Crippen LogP contribution in [0.25, 0.3) is 0 Å². The summed E-state index contributed by atoms with van der Waals surface area (Å²) in [5, 5.41) is 2.97. The lowest BCUT2D eigenvalue weighted by Gasteiger charge is -2.13. The second kappa shape index (κ2) is 7.91. The molecule has 4 nitrogen and oxygen atoms in total. The standard InChI is InChI=1S/C20H22BrNO3/c1-3-24-19-11-15-9-13(2)25-18(15)12-17(19)22-20(23)8-7-14-5-4-6-16(21)10-14/h4-6,10-13H,3,7-9H2,1-2H3,(H,22,23). The normalized spacial score (nSPS) is 15.4. The number of carbonyl (C=O) groups is 1. The molecule has 2 aromatic carbocycles. The van der Waals surface area contributed by atoms with Gasteiger partial charge in [-0.25, -0.2) is 0 Å². The van der Waals surface area contributed by atoms with Gasteiger partial charge < -0.3 is 14.8 Å². The van der Waals surface area contributed by atoms with Gasteiger partial charge in [0.1, 0.15) is 17.6 Å². The molecule has 132 valence electrons.